The lowest BCUT2D eigenvalue weighted by Gasteiger charge is -2.31. The van der Waals surface area contributed by atoms with Crippen LogP contribution in [-0.4, -0.2) is 86.6 Å². The van der Waals surface area contributed by atoms with Crippen molar-refractivity contribution in [3.05, 3.63) is 0 Å². The summed E-state index contributed by atoms with van der Waals surface area (Å²) in [5.41, 5.74) is -0.514. The lowest BCUT2D eigenvalue weighted by molar-refractivity contribution is 0.0141. The maximum Gasteiger partial charge on any atom is 0.0909 e. The van der Waals surface area contributed by atoms with Gasteiger partial charge in [0.2, 0.25) is 0 Å². The number of ether oxygens (including phenoxy) is 1. The van der Waals surface area contributed by atoms with Gasteiger partial charge in [-0.1, -0.05) is 0 Å². The van der Waals surface area contributed by atoms with Crippen molar-refractivity contribution in [2.45, 2.75) is 12.0 Å². The smallest absolute Gasteiger partial charge is 0.0909 e. The zero-order valence-corrected chi connectivity index (χ0v) is 10.8. The van der Waals surface area contributed by atoms with Crippen molar-refractivity contribution in [2.24, 2.45) is 0 Å². The zero-order chi connectivity index (χ0) is 12.1. The van der Waals surface area contributed by atoms with Gasteiger partial charge in [0.05, 0.1) is 18.8 Å². The number of rotatable bonds is 5. The molecule has 0 aliphatic carbocycles. The van der Waals surface area contributed by atoms with E-state index in [1.807, 2.05) is 0 Å². The van der Waals surface area contributed by atoms with Gasteiger partial charge in [-0.3, -0.25) is 4.90 Å². The number of hydrogen-bond acceptors (Lipinski definition) is 5. The Morgan fingerprint density at radius 1 is 1.41 bits per heavy atom. The second-order valence-corrected chi connectivity index (χ2v) is 5.34. The van der Waals surface area contributed by atoms with Crippen LogP contribution in [0.2, 0.25) is 0 Å². The van der Waals surface area contributed by atoms with Crippen molar-refractivity contribution >= 4 is 0 Å². The highest BCUT2D eigenvalue weighted by atomic mass is 16.5. The maximum absolute atomic E-state index is 10.3. The minimum absolute atomic E-state index is 0.514. The average Bonchev–Trinajstić information content (AvgIpc) is 2.74. The van der Waals surface area contributed by atoms with E-state index >= 15 is 0 Å². The molecule has 2 aliphatic heterocycles. The van der Waals surface area contributed by atoms with Gasteiger partial charge in [0.1, 0.15) is 0 Å². The Hall–Kier alpha value is -0.200. The molecule has 2 fully saturated rings. The molecule has 1 atom stereocenters. The van der Waals surface area contributed by atoms with Gasteiger partial charge in [0.15, 0.2) is 0 Å². The van der Waals surface area contributed by atoms with Crippen molar-refractivity contribution in [3.8, 4) is 0 Å². The van der Waals surface area contributed by atoms with E-state index in [0.717, 1.165) is 65.4 Å². The van der Waals surface area contributed by atoms with E-state index in [9.17, 15) is 5.11 Å². The minimum Gasteiger partial charge on any atom is -0.387 e. The highest BCUT2D eigenvalue weighted by Gasteiger charge is 2.31. The summed E-state index contributed by atoms with van der Waals surface area (Å²) in [5.74, 6) is 0. The summed E-state index contributed by atoms with van der Waals surface area (Å²) in [7, 11) is 2.09. The Balaban J connectivity index is 1.64. The standard InChI is InChI=1S/C12H25N3O2/c1-14(11-12(16)2-3-13-10-12)4-5-15-6-8-17-9-7-15/h13,16H,2-11H2,1H3. The van der Waals surface area contributed by atoms with Gasteiger partial charge >= 0.3 is 0 Å². The van der Waals surface area contributed by atoms with Crippen LogP contribution >= 0.6 is 0 Å². The van der Waals surface area contributed by atoms with E-state index < -0.39 is 5.60 Å². The topological polar surface area (TPSA) is 48.0 Å². The summed E-state index contributed by atoms with van der Waals surface area (Å²) < 4.78 is 5.33. The van der Waals surface area contributed by atoms with Crippen LogP contribution < -0.4 is 5.32 Å². The summed E-state index contributed by atoms with van der Waals surface area (Å²) in [4.78, 5) is 4.67. The van der Waals surface area contributed by atoms with Crippen molar-refractivity contribution in [1.82, 2.24) is 15.1 Å². The second-order valence-electron chi connectivity index (χ2n) is 5.34. The van der Waals surface area contributed by atoms with E-state index in [-0.39, 0.29) is 0 Å². The fourth-order valence-electron chi connectivity index (χ4n) is 2.58. The maximum atomic E-state index is 10.3. The molecule has 2 heterocycles. The number of aliphatic hydroxyl groups is 1. The zero-order valence-electron chi connectivity index (χ0n) is 10.8. The van der Waals surface area contributed by atoms with Gasteiger partial charge in [-0.15, -0.1) is 0 Å². The molecule has 2 saturated heterocycles. The fraction of sp³-hybridized carbons (Fsp3) is 1.00. The molecular weight excluding hydrogens is 218 g/mol. The molecule has 5 nitrogen and oxygen atoms in total. The molecule has 0 amide bonds. The Bertz CT molecular complexity index is 226. The highest BCUT2D eigenvalue weighted by molar-refractivity contribution is 4.90. The van der Waals surface area contributed by atoms with Crippen molar-refractivity contribution < 1.29 is 9.84 Å². The van der Waals surface area contributed by atoms with Gasteiger partial charge in [-0.2, -0.15) is 0 Å². The minimum atomic E-state index is -0.514. The lowest BCUT2D eigenvalue weighted by atomic mass is 10.0. The van der Waals surface area contributed by atoms with Crippen LogP contribution in [0.4, 0.5) is 0 Å². The van der Waals surface area contributed by atoms with Gasteiger partial charge in [-0.25, -0.2) is 0 Å². The fourth-order valence-corrected chi connectivity index (χ4v) is 2.58. The van der Waals surface area contributed by atoms with Crippen LogP contribution in [0.1, 0.15) is 6.42 Å². The third kappa shape index (κ3) is 4.19. The Morgan fingerprint density at radius 2 is 2.18 bits per heavy atom. The summed E-state index contributed by atoms with van der Waals surface area (Å²) >= 11 is 0. The predicted octanol–water partition coefficient (Wildman–Crippen LogP) is -1.03. The molecular formula is C12H25N3O2. The van der Waals surface area contributed by atoms with Crippen molar-refractivity contribution in [3.63, 3.8) is 0 Å². The van der Waals surface area contributed by atoms with E-state index in [2.05, 4.69) is 22.2 Å². The lowest BCUT2D eigenvalue weighted by Crippen LogP contribution is -2.46. The number of morpholine rings is 1. The molecule has 2 rings (SSSR count). The molecule has 0 aromatic heterocycles. The average molecular weight is 243 g/mol. The molecule has 0 bridgehead atoms. The number of nitrogens with zero attached hydrogens (tertiary/aromatic N) is 2. The molecule has 2 N–H and O–H groups in total. The Morgan fingerprint density at radius 3 is 2.82 bits per heavy atom. The Kier molecular flexibility index (Phi) is 4.76. The SMILES string of the molecule is CN(CCN1CCOCC1)CC1(O)CCNC1. The molecule has 5 heteroatoms. The van der Waals surface area contributed by atoms with E-state index in [4.69, 9.17) is 4.74 Å². The van der Waals surface area contributed by atoms with E-state index in [1.165, 1.54) is 0 Å². The van der Waals surface area contributed by atoms with Crippen LogP contribution in [0.3, 0.4) is 0 Å². The molecule has 100 valence electrons. The third-order valence-electron chi connectivity index (χ3n) is 3.69. The number of nitrogens with one attached hydrogen (secondary N) is 1. The van der Waals surface area contributed by atoms with Crippen molar-refractivity contribution in [1.29, 1.82) is 0 Å². The van der Waals surface area contributed by atoms with Crippen LogP contribution in [0.5, 0.6) is 0 Å². The van der Waals surface area contributed by atoms with Crippen LogP contribution in [0.25, 0.3) is 0 Å². The third-order valence-corrected chi connectivity index (χ3v) is 3.69. The summed E-state index contributed by atoms with van der Waals surface area (Å²) in [5, 5.41) is 13.5. The normalized spacial score (nSPS) is 31.2. The number of β-amino-alcohol motifs (C(OH)–C–C–N with tert-alkyl or cyclic N) is 1. The second kappa shape index (κ2) is 6.11. The molecule has 0 saturated carbocycles. The quantitative estimate of drug-likeness (QED) is 0.647. The van der Waals surface area contributed by atoms with E-state index in [1.54, 1.807) is 0 Å². The molecule has 2 aliphatic rings. The first-order valence-electron chi connectivity index (χ1n) is 6.60. The molecule has 1 unspecified atom stereocenters. The predicted molar refractivity (Wildman–Crippen MR) is 67.2 cm³/mol. The van der Waals surface area contributed by atoms with Crippen LogP contribution in [0, 0.1) is 0 Å². The number of hydrogen-bond donors (Lipinski definition) is 2. The van der Waals surface area contributed by atoms with Gasteiger partial charge in [0.25, 0.3) is 0 Å². The summed E-state index contributed by atoms with van der Waals surface area (Å²) in [6.07, 6.45) is 0.870. The van der Waals surface area contributed by atoms with Gasteiger partial charge < -0.3 is 20.1 Å². The molecule has 0 spiro atoms. The first-order valence-corrected chi connectivity index (χ1v) is 6.60. The summed E-state index contributed by atoms with van der Waals surface area (Å²) in [6, 6.07) is 0. The monoisotopic (exact) mass is 243 g/mol. The Labute approximate surface area is 104 Å². The molecule has 0 radical (unpaired) electrons. The largest absolute Gasteiger partial charge is 0.387 e. The first kappa shape index (κ1) is 13.2. The van der Waals surface area contributed by atoms with Gasteiger partial charge in [0, 0.05) is 39.3 Å². The van der Waals surface area contributed by atoms with Crippen LogP contribution in [0.15, 0.2) is 0 Å². The molecule has 17 heavy (non-hydrogen) atoms. The van der Waals surface area contributed by atoms with Crippen LogP contribution in [-0.2, 0) is 4.74 Å². The molecule has 0 aromatic carbocycles. The van der Waals surface area contributed by atoms with Gasteiger partial charge in [-0.05, 0) is 20.0 Å². The highest BCUT2D eigenvalue weighted by Crippen LogP contribution is 2.15. The molecule has 0 aromatic rings. The van der Waals surface area contributed by atoms with E-state index in [0.29, 0.717) is 0 Å². The first-order chi connectivity index (χ1) is 8.18. The number of likely N-dealkylation sites (N-methyl/N-ethyl adjacent to an activating group) is 1. The summed E-state index contributed by atoms with van der Waals surface area (Å²) in [6.45, 7) is 8.33. The van der Waals surface area contributed by atoms with Crippen molar-refractivity contribution in [2.75, 3.05) is 66.1 Å².